The van der Waals surface area contributed by atoms with Crippen molar-refractivity contribution in [2.45, 2.75) is 18.9 Å². The SMILES string of the molecule is N#Cc1ccc(-c2ccc(OC3CCNCC3)cc2)cc1. The Hall–Kier alpha value is -2.31. The van der Waals surface area contributed by atoms with Crippen molar-refractivity contribution in [3.63, 3.8) is 0 Å². The molecule has 0 bridgehead atoms. The van der Waals surface area contributed by atoms with E-state index in [9.17, 15) is 0 Å². The van der Waals surface area contributed by atoms with Crippen LogP contribution in [0.2, 0.25) is 0 Å². The lowest BCUT2D eigenvalue weighted by Crippen LogP contribution is -2.34. The van der Waals surface area contributed by atoms with Crippen LogP contribution in [0.25, 0.3) is 11.1 Å². The largest absolute Gasteiger partial charge is 0.490 e. The van der Waals surface area contributed by atoms with Gasteiger partial charge in [-0.05, 0) is 61.3 Å². The molecule has 1 fully saturated rings. The molecular weight excluding hydrogens is 260 g/mol. The quantitative estimate of drug-likeness (QED) is 0.936. The lowest BCUT2D eigenvalue weighted by molar-refractivity contribution is 0.162. The summed E-state index contributed by atoms with van der Waals surface area (Å²) in [5.41, 5.74) is 2.93. The second-order valence-electron chi connectivity index (χ2n) is 5.28. The summed E-state index contributed by atoms with van der Waals surface area (Å²) >= 11 is 0. The first kappa shape index (κ1) is 13.7. The molecule has 0 aliphatic carbocycles. The van der Waals surface area contributed by atoms with Crippen molar-refractivity contribution < 1.29 is 4.74 Å². The van der Waals surface area contributed by atoms with Crippen molar-refractivity contribution in [3.8, 4) is 22.9 Å². The Morgan fingerprint density at radius 2 is 1.48 bits per heavy atom. The molecule has 0 saturated carbocycles. The van der Waals surface area contributed by atoms with Crippen molar-refractivity contribution in [2.75, 3.05) is 13.1 Å². The molecule has 0 amide bonds. The minimum atomic E-state index is 0.326. The Morgan fingerprint density at radius 1 is 0.905 bits per heavy atom. The maximum Gasteiger partial charge on any atom is 0.119 e. The number of ether oxygens (including phenoxy) is 1. The fraction of sp³-hybridized carbons (Fsp3) is 0.278. The molecule has 3 heteroatoms. The van der Waals surface area contributed by atoms with E-state index >= 15 is 0 Å². The number of nitriles is 1. The number of nitrogens with zero attached hydrogens (tertiary/aromatic N) is 1. The van der Waals surface area contributed by atoms with E-state index in [1.807, 2.05) is 36.4 Å². The van der Waals surface area contributed by atoms with Gasteiger partial charge in [-0.25, -0.2) is 0 Å². The molecule has 21 heavy (non-hydrogen) atoms. The predicted octanol–water partition coefficient (Wildman–Crippen LogP) is 3.36. The van der Waals surface area contributed by atoms with Crippen LogP contribution in [0.1, 0.15) is 18.4 Å². The van der Waals surface area contributed by atoms with E-state index in [4.69, 9.17) is 10.00 Å². The zero-order chi connectivity index (χ0) is 14.5. The van der Waals surface area contributed by atoms with E-state index in [1.165, 1.54) is 0 Å². The highest BCUT2D eigenvalue weighted by atomic mass is 16.5. The maximum absolute atomic E-state index is 8.82. The number of hydrogen-bond donors (Lipinski definition) is 1. The summed E-state index contributed by atoms with van der Waals surface area (Å²) in [6.45, 7) is 2.07. The van der Waals surface area contributed by atoms with Gasteiger partial charge in [0.15, 0.2) is 0 Å². The molecule has 0 unspecified atom stereocenters. The molecule has 1 N–H and O–H groups in total. The van der Waals surface area contributed by atoms with Gasteiger partial charge in [-0.15, -0.1) is 0 Å². The summed E-state index contributed by atoms with van der Waals surface area (Å²) in [7, 11) is 0. The highest BCUT2D eigenvalue weighted by Crippen LogP contribution is 2.24. The lowest BCUT2D eigenvalue weighted by Gasteiger charge is -2.23. The van der Waals surface area contributed by atoms with Crippen LogP contribution in [0.5, 0.6) is 5.75 Å². The molecule has 3 nitrogen and oxygen atoms in total. The molecule has 1 aliphatic rings. The minimum absolute atomic E-state index is 0.326. The zero-order valence-electron chi connectivity index (χ0n) is 11.9. The zero-order valence-corrected chi connectivity index (χ0v) is 11.9. The second-order valence-corrected chi connectivity index (χ2v) is 5.28. The molecule has 1 aliphatic heterocycles. The third-order valence-corrected chi connectivity index (χ3v) is 3.79. The standard InChI is InChI=1S/C18H18N2O/c19-13-14-1-3-15(4-2-14)16-5-7-17(8-6-16)21-18-9-11-20-12-10-18/h1-8,18,20H,9-12H2. The van der Waals surface area contributed by atoms with Gasteiger partial charge in [0.05, 0.1) is 11.6 Å². The smallest absolute Gasteiger partial charge is 0.119 e. The summed E-state index contributed by atoms with van der Waals surface area (Å²) in [6, 6.07) is 17.9. The summed E-state index contributed by atoms with van der Waals surface area (Å²) in [4.78, 5) is 0. The van der Waals surface area contributed by atoms with Gasteiger partial charge in [-0.3, -0.25) is 0 Å². The molecular formula is C18H18N2O. The third kappa shape index (κ3) is 3.42. The van der Waals surface area contributed by atoms with E-state index in [-0.39, 0.29) is 0 Å². The molecule has 0 spiro atoms. The molecule has 0 aromatic heterocycles. The molecule has 106 valence electrons. The molecule has 1 saturated heterocycles. The molecule has 0 radical (unpaired) electrons. The van der Waals surface area contributed by atoms with Crippen LogP contribution in [-0.2, 0) is 0 Å². The van der Waals surface area contributed by atoms with Crippen LogP contribution in [-0.4, -0.2) is 19.2 Å². The van der Waals surface area contributed by atoms with Crippen molar-refractivity contribution in [1.82, 2.24) is 5.32 Å². The van der Waals surface area contributed by atoms with Gasteiger partial charge < -0.3 is 10.1 Å². The Morgan fingerprint density at radius 3 is 2.05 bits per heavy atom. The molecule has 2 aromatic rings. The van der Waals surface area contributed by atoms with E-state index in [0.717, 1.165) is 42.8 Å². The lowest BCUT2D eigenvalue weighted by atomic mass is 10.0. The average Bonchev–Trinajstić information content (AvgIpc) is 2.57. The fourth-order valence-corrected chi connectivity index (χ4v) is 2.57. The van der Waals surface area contributed by atoms with E-state index in [1.54, 1.807) is 0 Å². The maximum atomic E-state index is 8.82. The Kier molecular flexibility index (Phi) is 4.18. The fourth-order valence-electron chi connectivity index (χ4n) is 2.57. The van der Waals surface area contributed by atoms with Crippen LogP contribution >= 0.6 is 0 Å². The molecule has 1 heterocycles. The van der Waals surface area contributed by atoms with Gasteiger partial charge in [-0.1, -0.05) is 24.3 Å². The van der Waals surface area contributed by atoms with Crippen LogP contribution in [0.3, 0.4) is 0 Å². The number of hydrogen-bond acceptors (Lipinski definition) is 3. The predicted molar refractivity (Wildman–Crippen MR) is 83.1 cm³/mol. The highest BCUT2D eigenvalue weighted by Gasteiger charge is 2.14. The molecule has 3 rings (SSSR count). The first-order valence-electron chi connectivity index (χ1n) is 7.33. The highest BCUT2D eigenvalue weighted by molar-refractivity contribution is 5.64. The summed E-state index contributed by atoms with van der Waals surface area (Å²) in [6.07, 6.45) is 2.46. The van der Waals surface area contributed by atoms with Crippen LogP contribution in [0, 0.1) is 11.3 Å². The minimum Gasteiger partial charge on any atom is -0.490 e. The number of nitrogens with one attached hydrogen (secondary N) is 1. The molecule has 0 atom stereocenters. The normalized spacial score (nSPS) is 15.4. The van der Waals surface area contributed by atoms with Gasteiger partial charge in [-0.2, -0.15) is 5.26 Å². The van der Waals surface area contributed by atoms with Gasteiger partial charge in [0, 0.05) is 0 Å². The first-order valence-corrected chi connectivity index (χ1v) is 7.33. The monoisotopic (exact) mass is 278 g/mol. The average molecular weight is 278 g/mol. The summed E-state index contributed by atoms with van der Waals surface area (Å²) < 4.78 is 6.00. The van der Waals surface area contributed by atoms with Crippen LogP contribution < -0.4 is 10.1 Å². The Labute approximate surface area is 125 Å². The number of benzene rings is 2. The van der Waals surface area contributed by atoms with Crippen molar-refractivity contribution in [2.24, 2.45) is 0 Å². The van der Waals surface area contributed by atoms with Gasteiger partial charge in [0.2, 0.25) is 0 Å². The van der Waals surface area contributed by atoms with Crippen LogP contribution in [0.4, 0.5) is 0 Å². The number of piperidine rings is 1. The Balaban J connectivity index is 1.69. The van der Waals surface area contributed by atoms with Crippen molar-refractivity contribution in [1.29, 1.82) is 5.26 Å². The van der Waals surface area contributed by atoms with E-state index < -0.39 is 0 Å². The van der Waals surface area contributed by atoms with Gasteiger partial charge in [0.25, 0.3) is 0 Å². The van der Waals surface area contributed by atoms with Crippen LogP contribution in [0.15, 0.2) is 48.5 Å². The molecule has 2 aromatic carbocycles. The summed E-state index contributed by atoms with van der Waals surface area (Å²) in [5, 5.41) is 12.2. The van der Waals surface area contributed by atoms with Gasteiger partial charge in [0.1, 0.15) is 11.9 Å². The first-order chi connectivity index (χ1) is 10.3. The Bertz CT molecular complexity index is 620. The van der Waals surface area contributed by atoms with E-state index in [2.05, 4.69) is 23.5 Å². The van der Waals surface area contributed by atoms with E-state index in [0.29, 0.717) is 11.7 Å². The number of rotatable bonds is 3. The van der Waals surface area contributed by atoms with Crippen molar-refractivity contribution in [3.05, 3.63) is 54.1 Å². The second kappa shape index (κ2) is 6.43. The summed E-state index contributed by atoms with van der Waals surface area (Å²) in [5.74, 6) is 0.930. The third-order valence-electron chi connectivity index (χ3n) is 3.79. The van der Waals surface area contributed by atoms with Crippen molar-refractivity contribution >= 4 is 0 Å². The topological polar surface area (TPSA) is 45.0 Å². The van der Waals surface area contributed by atoms with Gasteiger partial charge >= 0.3 is 0 Å².